The predicted octanol–water partition coefficient (Wildman–Crippen LogP) is 4.49. The van der Waals surface area contributed by atoms with E-state index in [4.69, 9.17) is 19.0 Å². The number of carbonyl (C=O) groups excluding carboxylic acids is 1. The Balaban J connectivity index is 2.87. The third kappa shape index (κ3) is 10.2. The highest BCUT2D eigenvalue weighted by Crippen LogP contribution is 2.40. The van der Waals surface area contributed by atoms with Gasteiger partial charge < -0.3 is 19.8 Å². The first-order valence-electron chi connectivity index (χ1n) is 9.92. The van der Waals surface area contributed by atoms with Gasteiger partial charge in [0.25, 0.3) is 0 Å². The Morgan fingerprint density at radius 1 is 1.14 bits per heavy atom. The molecule has 28 heavy (non-hydrogen) atoms. The number of rotatable bonds is 13. The van der Waals surface area contributed by atoms with Crippen LogP contribution in [-0.2, 0) is 13.9 Å². The maximum atomic E-state index is 12.4. The molecule has 0 aliphatic rings. The van der Waals surface area contributed by atoms with Crippen molar-refractivity contribution >= 4 is 13.7 Å². The number of nitrogens with one attached hydrogen (secondary N) is 1. The van der Waals surface area contributed by atoms with Gasteiger partial charge >= 0.3 is 7.82 Å². The minimum absolute atomic E-state index is 0.0183. The number of phosphoric ester groups is 1. The first-order valence-corrected chi connectivity index (χ1v) is 11.4. The van der Waals surface area contributed by atoms with Crippen molar-refractivity contribution in [2.75, 3.05) is 0 Å². The molecular formula is C20H34NO6P. The van der Waals surface area contributed by atoms with Gasteiger partial charge in [0.15, 0.2) is 0 Å². The fourth-order valence-corrected chi connectivity index (χ4v) is 3.49. The van der Waals surface area contributed by atoms with Gasteiger partial charge in [-0.3, -0.25) is 9.32 Å². The zero-order valence-electron chi connectivity index (χ0n) is 17.3. The van der Waals surface area contributed by atoms with E-state index in [2.05, 4.69) is 12.2 Å². The zero-order valence-corrected chi connectivity index (χ0v) is 18.2. The van der Waals surface area contributed by atoms with Gasteiger partial charge in [0.05, 0.1) is 18.2 Å². The number of carbonyl (C=O) groups is 1. The molecule has 0 saturated carbocycles. The van der Waals surface area contributed by atoms with Crippen LogP contribution in [-0.4, -0.2) is 27.9 Å². The molecule has 7 nitrogen and oxygen atoms in total. The van der Waals surface area contributed by atoms with E-state index in [1.807, 2.05) is 13.8 Å². The van der Waals surface area contributed by atoms with E-state index in [1.54, 1.807) is 24.3 Å². The second-order valence-corrected chi connectivity index (χ2v) is 8.44. The molecule has 0 spiro atoms. The predicted molar refractivity (Wildman–Crippen MR) is 109 cm³/mol. The molecule has 0 fully saturated rings. The topological polar surface area (TPSA) is 105 Å². The van der Waals surface area contributed by atoms with Crippen molar-refractivity contribution in [3.05, 3.63) is 29.8 Å². The average Bonchev–Trinajstić information content (AvgIpc) is 2.57. The molecule has 0 radical (unpaired) electrons. The summed E-state index contributed by atoms with van der Waals surface area (Å²) in [7, 11) is -4.69. The van der Waals surface area contributed by atoms with Crippen LogP contribution in [0.25, 0.3) is 0 Å². The molecule has 0 heterocycles. The second kappa shape index (κ2) is 12.2. The quantitative estimate of drug-likeness (QED) is 0.324. The minimum atomic E-state index is -4.69. The van der Waals surface area contributed by atoms with E-state index in [-0.39, 0.29) is 12.0 Å². The van der Waals surface area contributed by atoms with Gasteiger partial charge in [0, 0.05) is 6.42 Å². The normalized spacial score (nSPS) is 14.0. The zero-order chi connectivity index (χ0) is 21.2. The van der Waals surface area contributed by atoms with Crippen molar-refractivity contribution in [2.45, 2.75) is 84.5 Å². The number of hydrogen-bond acceptors (Lipinski definition) is 4. The van der Waals surface area contributed by atoms with Crippen molar-refractivity contribution in [2.24, 2.45) is 0 Å². The largest absolute Gasteiger partial charge is 0.491 e. The number of hydrogen-bond donors (Lipinski definition) is 3. The Bertz CT molecular complexity index is 645. The van der Waals surface area contributed by atoms with E-state index < -0.39 is 20.0 Å². The molecule has 1 rings (SSSR count). The van der Waals surface area contributed by atoms with E-state index in [0.29, 0.717) is 17.7 Å². The van der Waals surface area contributed by atoms with Crippen LogP contribution in [0.4, 0.5) is 0 Å². The SMILES string of the molecule is CCCCCCCC(=O)N[C@H](c1cccc(OC(C)C)c1)[C@H](C)OP(=O)(O)O. The summed E-state index contributed by atoms with van der Waals surface area (Å²) in [6.45, 7) is 7.48. The van der Waals surface area contributed by atoms with E-state index >= 15 is 0 Å². The summed E-state index contributed by atoms with van der Waals surface area (Å²) in [6, 6.07) is 6.41. The van der Waals surface area contributed by atoms with Crippen molar-refractivity contribution in [1.82, 2.24) is 5.32 Å². The monoisotopic (exact) mass is 415 g/mol. The lowest BCUT2D eigenvalue weighted by Crippen LogP contribution is -2.36. The van der Waals surface area contributed by atoms with Crippen molar-refractivity contribution < 1.29 is 28.4 Å². The summed E-state index contributed by atoms with van der Waals surface area (Å²) in [5, 5.41) is 2.86. The fraction of sp³-hybridized carbons (Fsp3) is 0.650. The maximum Gasteiger partial charge on any atom is 0.469 e. The highest BCUT2D eigenvalue weighted by molar-refractivity contribution is 7.46. The molecule has 160 valence electrons. The summed E-state index contributed by atoms with van der Waals surface area (Å²) < 4.78 is 21.8. The van der Waals surface area contributed by atoms with Gasteiger partial charge in [0.1, 0.15) is 5.75 Å². The summed E-state index contributed by atoms with van der Waals surface area (Å²) >= 11 is 0. The standard InChI is InChI=1S/C20H34NO6P/c1-5-6-7-8-9-13-19(22)21-20(16(4)27-28(23,24)25)17-11-10-12-18(14-17)26-15(2)3/h10-12,14-16,20H,5-9,13H2,1-4H3,(H,21,22)(H2,23,24,25)/t16-,20-/m0/s1. The van der Waals surface area contributed by atoms with Crippen LogP contribution in [0.2, 0.25) is 0 Å². The molecule has 0 aliphatic heterocycles. The molecule has 0 aromatic heterocycles. The third-order valence-electron chi connectivity index (χ3n) is 4.19. The number of amides is 1. The molecule has 1 amide bonds. The van der Waals surface area contributed by atoms with Crippen LogP contribution in [0.5, 0.6) is 5.75 Å². The third-order valence-corrected chi connectivity index (χ3v) is 4.79. The molecule has 8 heteroatoms. The first kappa shape index (κ1) is 24.6. The van der Waals surface area contributed by atoms with Gasteiger partial charge in [0.2, 0.25) is 5.91 Å². The van der Waals surface area contributed by atoms with Crippen LogP contribution in [0.15, 0.2) is 24.3 Å². The molecule has 1 aromatic carbocycles. The summed E-state index contributed by atoms with van der Waals surface area (Å²) in [5.74, 6) is 0.451. The van der Waals surface area contributed by atoms with Gasteiger partial charge in [-0.2, -0.15) is 0 Å². The van der Waals surface area contributed by atoms with Crippen LogP contribution in [0.1, 0.15) is 77.8 Å². The Kier molecular flexibility index (Phi) is 10.8. The minimum Gasteiger partial charge on any atom is -0.491 e. The first-order chi connectivity index (χ1) is 13.1. The van der Waals surface area contributed by atoms with E-state index in [0.717, 1.165) is 32.1 Å². The van der Waals surface area contributed by atoms with Gasteiger partial charge in [-0.25, -0.2) is 4.57 Å². The molecule has 1 aromatic rings. The number of phosphoric acid groups is 1. The lowest BCUT2D eigenvalue weighted by atomic mass is 10.0. The molecule has 0 aliphatic carbocycles. The van der Waals surface area contributed by atoms with Gasteiger partial charge in [-0.1, -0.05) is 44.7 Å². The molecule has 3 N–H and O–H groups in total. The van der Waals surface area contributed by atoms with Crippen molar-refractivity contribution in [3.63, 3.8) is 0 Å². The van der Waals surface area contributed by atoms with Crippen LogP contribution < -0.4 is 10.1 Å². The maximum absolute atomic E-state index is 12.4. The van der Waals surface area contributed by atoms with Crippen LogP contribution in [0, 0.1) is 0 Å². The Morgan fingerprint density at radius 3 is 2.43 bits per heavy atom. The van der Waals surface area contributed by atoms with Crippen molar-refractivity contribution in [1.29, 1.82) is 0 Å². The highest BCUT2D eigenvalue weighted by Gasteiger charge is 2.28. The molecule has 0 saturated heterocycles. The Hall–Kier alpha value is -1.40. The van der Waals surface area contributed by atoms with Crippen molar-refractivity contribution in [3.8, 4) is 5.75 Å². The Labute approximate surface area is 168 Å². The molecular weight excluding hydrogens is 381 g/mol. The summed E-state index contributed by atoms with van der Waals surface area (Å²) in [4.78, 5) is 30.7. The van der Waals surface area contributed by atoms with Crippen LogP contribution in [0.3, 0.4) is 0 Å². The highest BCUT2D eigenvalue weighted by atomic mass is 31.2. The molecule has 0 bridgehead atoms. The van der Waals surface area contributed by atoms with Crippen LogP contribution >= 0.6 is 7.82 Å². The number of ether oxygens (including phenoxy) is 1. The molecule has 2 atom stereocenters. The second-order valence-electron chi connectivity index (χ2n) is 7.25. The van der Waals surface area contributed by atoms with Gasteiger partial charge in [-0.05, 0) is 44.9 Å². The van der Waals surface area contributed by atoms with Gasteiger partial charge in [-0.15, -0.1) is 0 Å². The summed E-state index contributed by atoms with van der Waals surface area (Å²) in [5.41, 5.74) is 0.665. The lowest BCUT2D eigenvalue weighted by molar-refractivity contribution is -0.122. The molecule has 0 unspecified atom stereocenters. The number of benzene rings is 1. The van der Waals surface area contributed by atoms with E-state index in [1.165, 1.54) is 6.92 Å². The smallest absolute Gasteiger partial charge is 0.469 e. The summed E-state index contributed by atoms with van der Waals surface area (Å²) in [6.07, 6.45) is 4.58. The Morgan fingerprint density at radius 2 is 1.82 bits per heavy atom. The fourth-order valence-electron chi connectivity index (χ4n) is 2.94. The van der Waals surface area contributed by atoms with E-state index in [9.17, 15) is 9.36 Å². The lowest BCUT2D eigenvalue weighted by Gasteiger charge is -2.26. The number of unbranched alkanes of at least 4 members (excludes halogenated alkanes) is 4. The average molecular weight is 415 g/mol.